The van der Waals surface area contributed by atoms with Gasteiger partial charge in [-0.05, 0) is 31.5 Å². The van der Waals surface area contributed by atoms with E-state index in [2.05, 4.69) is 10.1 Å². The Morgan fingerprint density at radius 3 is 2.91 bits per heavy atom. The molecule has 0 bridgehead atoms. The van der Waals surface area contributed by atoms with Crippen LogP contribution in [0.5, 0.6) is 17.5 Å². The van der Waals surface area contributed by atoms with Crippen LogP contribution in [0.3, 0.4) is 0 Å². The molecule has 1 aliphatic heterocycles. The van der Waals surface area contributed by atoms with Crippen molar-refractivity contribution in [2.24, 2.45) is 0 Å². The summed E-state index contributed by atoms with van der Waals surface area (Å²) in [7, 11) is 0. The van der Waals surface area contributed by atoms with Crippen molar-refractivity contribution in [3.63, 3.8) is 0 Å². The highest BCUT2D eigenvalue weighted by Crippen LogP contribution is 2.35. The lowest BCUT2D eigenvalue weighted by Gasteiger charge is -2.04. The standard InChI is InChI=1S/C15H17N3O4/c1-3-5-13(19)18-14(16-15(17-18)20-4-2)10-6-7-11-12(8-10)22-9-21-11/h6-8H,3-5,9H2,1-2H3. The zero-order valence-corrected chi connectivity index (χ0v) is 12.5. The third-order valence-electron chi connectivity index (χ3n) is 3.19. The van der Waals surface area contributed by atoms with Gasteiger partial charge in [-0.2, -0.15) is 9.67 Å². The quantitative estimate of drug-likeness (QED) is 0.845. The first-order valence-corrected chi connectivity index (χ1v) is 7.26. The Labute approximate surface area is 127 Å². The number of aromatic nitrogens is 3. The van der Waals surface area contributed by atoms with Gasteiger partial charge in [-0.15, -0.1) is 5.10 Å². The predicted octanol–water partition coefficient (Wildman–Crippen LogP) is 2.51. The van der Waals surface area contributed by atoms with E-state index in [9.17, 15) is 4.79 Å². The zero-order chi connectivity index (χ0) is 15.5. The smallest absolute Gasteiger partial charge is 0.336 e. The monoisotopic (exact) mass is 303 g/mol. The summed E-state index contributed by atoms with van der Waals surface area (Å²) in [5, 5.41) is 4.15. The van der Waals surface area contributed by atoms with Gasteiger partial charge in [0.15, 0.2) is 17.3 Å². The number of nitrogens with zero attached hydrogens (tertiary/aromatic N) is 3. The molecule has 1 aliphatic rings. The number of ether oxygens (including phenoxy) is 3. The molecule has 0 N–H and O–H groups in total. The fourth-order valence-electron chi connectivity index (χ4n) is 2.20. The van der Waals surface area contributed by atoms with E-state index in [1.807, 2.05) is 19.9 Å². The van der Waals surface area contributed by atoms with Crippen molar-refractivity contribution < 1.29 is 19.0 Å². The molecule has 2 aromatic rings. The molecule has 2 heterocycles. The van der Waals surface area contributed by atoms with Gasteiger partial charge < -0.3 is 14.2 Å². The molecule has 0 spiro atoms. The van der Waals surface area contributed by atoms with Crippen LogP contribution in [0, 0.1) is 0 Å². The minimum absolute atomic E-state index is 0.117. The Balaban J connectivity index is 2.02. The van der Waals surface area contributed by atoms with Crippen molar-refractivity contribution in [3.05, 3.63) is 18.2 Å². The van der Waals surface area contributed by atoms with Gasteiger partial charge in [0, 0.05) is 12.0 Å². The molecule has 0 fully saturated rings. The summed E-state index contributed by atoms with van der Waals surface area (Å²) < 4.78 is 17.3. The maximum Gasteiger partial charge on any atom is 0.336 e. The van der Waals surface area contributed by atoms with E-state index in [0.29, 0.717) is 30.4 Å². The molecule has 1 aromatic heterocycles. The third kappa shape index (κ3) is 2.61. The van der Waals surface area contributed by atoms with Crippen molar-refractivity contribution in [1.82, 2.24) is 14.8 Å². The average molecular weight is 303 g/mol. The molecule has 0 amide bonds. The lowest BCUT2D eigenvalue weighted by atomic mass is 10.2. The summed E-state index contributed by atoms with van der Waals surface area (Å²) in [4.78, 5) is 16.6. The van der Waals surface area contributed by atoms with E-state index in [1.54, 1.807) is 12.1 Å². The van der Waals surface area contributed by atoms with E-state index in [-0.39, 0.29) is 18.7 Å². The van der Waals surface area contributed by atoms with Crippen LogP contribution in [0.25, 0.3) is 11.4 Å². The molecular formula is C15H17N3O4. The van der Waals surface area contributed by atoms with Crippen molar-refractivity contribution in [1.29, 1.82) is 0 Å². The lowest BCUT2D eigenvalue weighted by molar-refractivity contribution is 0.0885. The minimum Gasteiger partial charge on any atom is -0.463 e. The highest BCUT2D eigenvalue weighted by molar-refractivity contribution is 5.82. The first-order valence-electron chi connectivity index (χ1n) is 7.26. The molecule has 0 radical (unpaired) electrons. The van der Waals surface area contributed by atoms with E-state index >= 15 is 0 Å². The molecule has 7 nitrogen and oxygen atoms in total. The number of carbonyl (C=O) groups excluding carboxylic acids is 1. The zero-order valence-electron chi connectivity index (χ0n) is 12.5. The molecule has 1 aromatic carbocycles. The van der Waals surface area contributed by atoms with Crippen LogP contribution in [-0.4, -0.2) is 34.1 Å². The number of carbonyl (C=O) groups is 1. The highest BCUT2D eigenvalue weighted by atomic mass is 16.7. The largest absolute Gasteiger partial charge is 0.463 e. The van der Waals surface area contributed by atoms with E-state index in [0.717, 1.165) is 12.0 Å². The van der Waals surface area contributed by atoms with Gasteiger partial charge in [-0.25, -0.2) is 0 Å². The van der Waals surface area contributed by atoms with Gasteiger partial charge in [0.2, 0.25) is 12.7 Å². The van der Waals surface area contributed by atoms with E-state index in [1.165, 1.54) is 4.68 Å². The van der Waals surface area contributed by atoms with Crippen molar-refractivity contribution in [3.8, 4) is 28.9 Å². The molecule has 7 heteroatoms. The first-order chi connectivity index (χ1) is 10.7. The summed E-state index contributed by atoms with van der Waals surface area (Å²) in [6.07, 6.45) is 1.13. The van der Waals surface area contributed by atoms with Crippen LogP contribution in [0.4, 0.5) is 0 Å². The number of benzene rings is 1. The van der Waals surface area contributed by atoms with Crippen LogP contribution >= 0.6 is 0 Å². The molecule has 3 rings (SSSR count). The van der Waals surface area contributed by atoms with Gasteiger partial charge in [0.25, 0.3) is 0 Å². The lowest BCUT2D eigenvalue weighted by Crippen LogP contribution is -2.13. The van der Waals surface area contributed by atoms with Gasteiger partial charge in [0.05, 0.1) is 6.61 Å². The number of hydrogen-bond acceptors (Lipinski definition) is 6. The second kappa shape index (κ2) is 6.05. The maximum atomic E-state index is 12.2. The number of hydrogen-bond donors (Lipinski definition) is 0. The van der Waals surface area contributed by atoms with Crippen LogP contribution in [0.2, 0.25) is 0 Å². The second-order valence-electron chi connectivity index (χ2n) is 4.77. The van der Waals surface area contributed by atoms with Crippen molar-refractivity contribution in [2.45, 2.75) is 26.7 Å². The van der Waals surface area contributed by atoms with Crippen molar-refractivity contribution in [2.75, 3.05) is 13.4 Å². The van der Waals surface area contributed by atoms with Crippen molar-refractivity contribution >= 4 is 5.91 Å². The molecule has 0 saturated heterocycles. The summed E-state index contributed by atoms with van der Waals surface area (Å²) in [5.41, 5.74) is 0.729. The fraction of sp³-hybridized carbons (Fsp3) is 0.400. The fourth-order valence-corrected chi connectivity index (χ4v) is 2.20. The summed E-state index contributed by atoms with van der Waals surface area (Å²) in [6, 6.07) is 5.60. The minimum atomic E-state index is -0.117. The molecule has 0 saturated carbocycles. The molecule has 0 atom stereocenters. The summed E-state index contributed by atoms with van der Waals surface area (Å²) in [6.45, 7) is 4.42. The number of fused-ring (bicyclic) bond motifs is 1. The molecule has 22 heavy (non-hydrogen) atoms. The highest BCUT2D eigenvalue weighted by Gasteiger charge is 2.21. The second-order valence-corrected chi connectivity index (χ2v) is 4.77. The van der Waals surface area contributed by atoms with Gasteiger partial charge in [-0.1, -0.05) is 6.92 Å². The first kappa shape index (κ1) is 14.4. The van der Waals surface area contributed by atoms with Crippen LogP contribution < -0.4 is 14.2 Å². The Kier molecular flexibility index (Phi) is 3.95. The van der Waals surface area contributed by atoms with Gasteiger partial charge in [-0.3, -0.25) is 4.79 Å². The summed E-state index contributed by atoms with van der Waals surface area (Å²) >= 11 is 0. The van der Waals surface area contributed by atoms with Crippen LogP contribution in [0.1, 0.15) is 31.5 Å². The molecule has 0 unspecified atom stereocenters. The Bertz CT molecular complexity index is 696. The molecule has 0 aliphatic carbocycles. The van der Waals surface area contributed by atoms with E-state index < -0.39 is 0 Å². The van der Waals surface area contributed by atoms with E-state index in [4.69, 9.17) is 14.2 Å². The molecule has 116 valence electrons. The number of rotatable bonds is 5. The average Bonchev–Trinajstić information content (AvgIpc) is 3.13. The Morgan fingerprint density at radius 2 is 2.14 bits per heavy atom. The normalized spacial score (nSPS) is 12.5. The topological polar surface area (TPSA) is 75.5 Å². The maximum absolute atomic E-state index is 12.2. The molecular weight excluding hydrogens is 286 g/mol. The third-order valence-corrected chi connectivity index (χ3v) is 3.19. The SMILES string of the molecule is CCCC(=O)n1nc(OCC)nc1-c1ccc2c(c1)OCO2. The van der Waals surface area contributed by atoms with Crippen LogP contribution in [-0.2, 0) is 0 Å². The Hall–Kier alpha value is -2.57. The predicted molar refractivity (Wildman–Crippen MR) is 78.3 cm³/mol. The summed E-state index contributed by atoms with van der Waals surface area (Å²) in [5.74, 6) is 1.64. The van der Waals surface area contributed by atoms with Gasteiger partial charge >= 0.3 is 6.01 Å². The Morgan fingerprint density at radius 1 is 1.32 bits per heavy atom. The van der Waals surface area contributed by atoms with Gasteiger partial charge in [0.1, 0.15) is 0 Å². The van der Waals surface area contributed by atoms with Crippen LogP contribution in [0.15, 0.2) is 18.2 Å².